The molecule has 0 fully saturated rings. The minimum Gasteiger partial charge on any atom is -0.454 e. The lowest BCUT2D eigenvalue weighted by Crippen LogP contribution is -2.22. The van der Waals surface area contributed by atoms with Crippen LogP contribution in [0.5, 0.6) is 11.5 Å². The van der Waals surface area contributed by atoms with Crippen molar-refractivity contribution in [2.45, 2.75) is 6.54 Å². The smallest absolute Gasteiger partial charge is 0.295 e. The van der Waals surface area contributed by atoms with Crippen molar-refractivity contribution >= 4 is 11.6 Å². The number of amides is 1. The molecule has 2 aromatic carbocycles. The first-order valence-electron chi connectivity index (χ1n) is 9.22. The second-order valence-electron chi connectivity index (χ2n) is 6.60. The average molecular weight is 423 g/mol. The van der Waals surface area contributed by atoms with Gasteiger partial charge in [-0.15, -0.1) is 6.42 Å². The number of carbonyl (C=O) groups excluding carboxylic acids is 1. The number of aromatic nitrogens is 1. The van der Waals surface area contributed by atoms with Crippen LogP contribution in [0.3, 0.4) is 0 Å². The van der Waals surface area contributed by atoms with E-state index in [1.165, 1.54) is 10.6 Å². The van der Waals surface area contributed by atoms with Gasteiger partial charge in [0.05, 0.1) is 0 Å². The van der Waals surface area contributed by atoms with E-state index < -0.39 is 17.5 Å². The van der Waals surface area contributed by atoms with E-state index in [-0.39, 0.29) is 23.6 Å². The van der Waals surface area contributed by atoms with Gasteiger partial charge in [-0.05, 0) is 35.7 Å². The number of nitrogens with one attached hydrogen (secondary N) is 2. The van der Waals surface area contributed by atoms with Gasteiger partial charge in [-0.25, -0.2) is 8.78 Å². The van der Waals surface area contributed by atoms with Gasteiger partial charge < -0.3 is 19.9 Å². The van der Waals surface area contributed by atoms with Crippen LogP contribution in [0.15, 0.2) is 53.5 Å². The van der Waals surface area contributed by atoms with Gasteiger partial charge in [-0.2, -0.15) is 0 Å². The monoisotopic (exact) mass is 423 g/mol. The molecule has 0 radical (unpaired) electrons. The van der Waals surface area contributed by atoms with Crippen molar-refractivity contribution in [1.82, 2.24) is 9.88 Å². The summed E-state index contributed by atoms with van der Waals surface area (Å²) in [6.07, 6.45) is 6.71. The van der Waals surface area contributed by atoms with E-state index in [1.54, 1.807) is 44.6 Å². The molecule has 1 heterocycles. The summed E-state index contributed by atoms with van der Waals surface area (Å²) in [5.74, 6) is -0.147. The largest absolute Gasteiger partial charge is 0.454 e. The maximum Gasteiger partial charge on any atom is 0.295 e. The molecule has 0 saturated carbocycles. The zero-order valence-corrected chi connectivity index (χ0v) is 16.8. The standard InChI is InChI=1S/C23H19F2N3O3/c1-4-21(29)27-12-14-6-5-7-20(31-19-9-8-16(24)11-17(19)25)22(14)15-10-18(26-2)23(30)28(3)13-15/h1,5-11,13,26H,12H2,2-3H3,(H,27,29). The van der Waals surface area contributed by atoms with Gasteiger partial charge in [-0.3, -0.25) is 9.59 Å². The van der Waals surface area contributed by atoms with E-state index in [9.17, 15) is 18.4 Å². The molecule has 0 atom stereocenters. The van der Waals surface area contributed by atoms with Crippen LogP contribution in [0.2, 0.25) is 0 Å². The summed E-state index contributed by atoms with van der Waals surface area (Å²) in [5, 5.41) is 5.42. The topological polar surface area (TPSA) is 72.4 Å². The molecule has 8 heteroatoms. The second-order valence-corrected chi connectivity index (χ2v) is 6.60. The molecule has 1 aromatic heterocycles. The fraction of sp³-hybridized carbons (Fsp3) is 0.130. The number of hydrogen-bond donors (Lipinski definition) is 2. The van der Waals surface area contributed by atoms with Crippen molar-refractivity contribution in [2.75, 3.05) is 12.4 Å². The van der Waals surface area contributed by atoms with Gasteiger partial charge in [0.2, 0.25) is 0 Å². The third-order valence-electron chi connectivity index (χ3n) is 4.54. The maximum atomic E-state index is 14.2. The van der Waals surface area contributed by atoms with E-state index in [2.05, 4.69) is 10.6 Å². The highest BCUT2D eigenvalue weighted by Gasteiger charge is 2.17. The zero-order valence-electron chi connectivity index (χ0n) is 16.8. The Hall–Kier alpha value is -4.12. The summed E-state index contributed by atoms with van der Waals surface area (Å²) in [6.45, 7) is 0.0686. The first-order chi connectivity index (χ1) is 14.8. The molecule has 6 nitrogen and oxygen atoms in total. The number of ether oxygens (including phenoxy) is 1. The van der Waals surface area contributed by atoms with Crippen molar-refractivity contribution in [1.29, 1.82) is 0 Å². The lowest BCUT2D eigenvalue weighted by atomic mass is 9.99. The molecule has 0 aliphatic heterocycles. The Bertz CT molecular complexity index is 1250. The van der Waals surface area contributed by atoms with E-state index >= 15 is 0 Å². The lowest BCUT2D eigenvalue weighted by Gasteiger charge is -2.18. The number of halogens is 2. The minimum atomic E-state index is -0.867. The van der Waals surface area contributed by atoms with Crippen LogP contribution in [-0.2, 0) is 18.4 Å². The van der Waals surface area contributed by atoms with Crippen molar-refractivity contribution in [3.63, 3.8) is 0 Å². The molecule has 3 rings (SSSR count). The van der Waals surface area contributed by atoms with Crippen LogP contribution in [0, 0.1) is 24.0 Å². The molecule has 158 valence electrons. The van der Waals surface area contributed by atoms with Gasteiger partial charge >= 0.3 is 0 Å². The lowest BCUT2D eigenvalue weighted by molar-refractivity contribution is -0.115. The average Bonchev–Trinajstić information content (AvgIpc) is 2.75. The fourth-order valence-electron chi connectivity index (χ4n) is 3.07. The van der Waals surface area contributed by atoms with E-state index in [1.807, 2.05) is 5.92 Å². The molecule has 31 heavy (non-hydrogen) atoms. The number of anilines is 1. The quantitative estimate of drug-likeness (QED) is 0.596. The van der Waals surface area contributed by atoms with E-state index in [0.29, 0.717) is 22.4 Å². The van der Waals surface area contributed by atoms with Crippen molar-refractivity contribution < 1.29 is 18.3 Å². The van der Waals surface area contributed by atoms with E-state index in [4.69, 9.17) is 11.2 Å². The van der Waals surface area contributed by atoms with Gasteiger partial charge in [0, 0.05) is 44.0 Å². The number of rotatable bonds is 6. The van der Waals surface area contributed by atoms with Crippen molar-refractivity contribution in [3.05, 3.63) is 76.2 Å². The summed E-state index contributed by atoms with van der Waals surface area (Å²) < 4.78 is 34.6. The summed E-state index contributed by atoms with van der Waals surface area (Å²) >= 11 is 0. The number of carbonyl (C=O) groups is 1. The molecule has 0 bridgehead atoms. The van der Waals surface area contributed by atoms with Gasteiger partial charge in [0.1, 0.15) is 17.3 Å². The van der Waals surface area contributed by atoms with Gasteiger partial charge in [0.25, 0.3) is 11.5 Å². The Morgan fingerprint density at radius 1 is 1.19 bits per heavy atom. The molecule has 3 aromatic rings. The summed E-state index contributed by atoms with van der Waals surface area (Å²) in [5.41, 5.74) is 1.80. The molecule has 0 unspecified atom stereocenters. The van der Waals surface area contributed by atoms with Gasteiger partial charge in [-0.1, -0.05) is 12.1 Å². The second kappa shape index (κ2) is 9.13. The SMILES string of the molecule is C#CC(=O)NCc1cccc(Oc2ccc(F)cc2F)c1-c1cc(NC)c(=O)n(C)c1. The maximum absolute atomic E-state index is 14.2. The molecule has 0 saturated heterocycles. The third kappa shape index (κ3) is 4.73. The number of nitrogens with zero attached hydrogens (tertiary/aromatic N) is 1. The fourth-order valence-corrected chi connectivity index (χ4v) is 3.07. The summed E-state index contributed by atoms with van der Waals surface area (Å²) in [7, 11) is 3.21. The minimum absolute atomic E-state index is 0.0686. The first-order valence-corrected chi connectivity index (χ1v) is 9.22. The molecule has 0 aliphatic carbocycles. The van der Waals surface area contributed by atoms with E-state index in [0.717, 1.165) is 12.1 Å². The number of terminal acetylenes is 1. The van der Waals surface area contributed by atoms with Crippen LogP contribution in [0.4, 0.5) is 14.5 Å². The Kier molecular flexibility index (Phi) is 6.36. The zero-order chi connectivity index (χ0) is 22.5. The first kappa shape index (κ1) is 21.6. The summed E-state index contributed by atoms with van der Waals surface area (Å²) in [6, 6.07) is 9.62. The Morgan fingerprint density at radius 2 is 1.97 bits per heavy atom. The molecule has 0 spiro atoms. The van der Waals surface area contributed by atoms with Crippen molar-refractivity contribution in [3.8, 4) is 35.0 Å². The number of hydrogen-bond acceptors (Lipinski definition) is 4. The highest BCUT2D eigenvalue weighted by atomic mass is 19.1. The highest BCUT2D eigenvalue weighted by molar-refractivity contribution is 5.93. The molecule has 2 N–H and O–H groups in total. The van der Waals surface area contributed by atoms with Crippen LogP contribution in [0.1, 0.15) is 5.56 Å². The molecule has 0 aliphatic rings. The van der Waals surface area contributed by atoms with Crippen LogP contribution < -0.4 is 20.9 Å². The number of pyridine rings is 1. The van der Waals surface area contributed by atoms with Crippen molar-refractivity contribution in [2.24, 2.45) is 7.05 Å². The predicted octanol–water partition coefficient (Wildman–Crippen LogP) is 3.41. The number of aryl methyl sites for hydroxylation is 1. The normalized spacial score (nSPS) is 10.3. The highest BCUT2D eigenvalue weighted by Crippen LogP contribution is 2.37. The molecule has 1 amide bonds. The van der Waals surface area contributed by atoms with Crippen LogP contribution in [0.25, 0.3) is 11.1 Å². The Labute approximate surface area is 177 Å². The Morgan fingerprint density at radius 3 is 2.65 bits per heavy atom. The van der Waals surface area contributed by atoms with Crippen LogP contribution >= 0.6 is 0 Å². The molecular formula is C23H19F2N3O3. The third-order valence-corrected chi connectivity index (χ3v) is 4.54. The van der Waals surface area contributed by atoms with Crippen LogP contribution in [-0.4, -0.2) is 17.5 Å². The summed E-state index contributed by atoms with van der Waals surface area (Å²) in [4.78, 5) is 23.8. The molecular weight excluding hydrogens is 404 g/mol. The number of benzene rings is 2. The van der Waals surface area contributed by atoms with Gasteiger partial charge in [0.15, 0.2) is 11.6 Å². The Balaban J connectivity index is 2.17. The predicted molar refractivity (Wildman–Crippen MR) is 114 cm³/mol.